The molecule has 2 heteroatoms. The summed E-state index contributed by atoms with van der Waals surface area (Å²) in [6.07, 6.45) is 14.8. The molecule has 2 unspecified atom stereocenters. The molecule has 0 aromatic heterocycles. The van der Waals surface area contributed by atoms with Crippen LogP contribution >= 0.6 is 10.0 Å². The van der Waals surface area contributed by atoms with Gasteiger partial charge in [-0.3, -0.25) is 0 Å². The molecule has 1 aliphatic rings. The minimum absolute atomic E-state index is 0.161. The first-order valence-corrected chi connectivity index (χ1v) is 7.16. The molecular formula is C10H19OS+. The van der Waals surface area contributed by atoms with Crippen LogP contribution in [-0.2, 0) is 0 Å². The van der Waals surface area contributed by atoms with Gasteiger partial charge >= 0.3 is 0 Å². The molecule has 2 atom stereocenters. The van der Waals surface area contributed by atoms with E-state index in [1.54, 1.807) is 0 Å². The van der Waals surface area contributed by atoms with Gasteiger partial charge in [0, 0.05) is 24.2 Å². The largest absolute Gasteiger partial charge is 0.392 e. The van der Waals surface area contributed by atoms with Gasteiger partial charge in [-0.15, -0.1) is 10.0 Å². The van der Waals surface area contributed by atoms with E-state index in [0.29, 0.717) is 5.92 Å². The molecular weight excluding hydrogens is 168 g/mol. The summed E-state index contributed by atoms with van der Waals surface area (Å²) in [4.78, 5) is 0. The van der Waals surface area contributed by atoms with E-state index in [4.69, 9.17) is 0 Å². The molecule has 0 bridgehead atoms. The topological polar surface area (TPSA) is 20.2 Å². The highest BCUT2D eigenvalue weighted by Crippen LogP contribution is 2.40. The second-order valence-electron chi connectivity index (χ2n) is 4.17. The minimum atomic E-state index is -0.795. The Hall–Kier alpha value is -0.0800. The zero-order chi connectivity index (χ0) is 9.19. The molecule has 0 heterocycles. The predicted octanol–water partition coefficient (Wildman–Crippen LogP) is 2.17. The molecule has 0 radical (unpaired) electrons. The lowest BCUT2D eigenvalue weighted by molar-refractivity contribution is 0.152. The minimum Gasteiger partial charge on any atom is -0.392 e. The highest BCUT2D eigenvalue weighted by molar-refractivity contribution is 8.33. The van der Waals surface area contributed by atoms with Gasteiger partial charge in [-0.2, -0.15) is 0 Å². The first-order chi connectivity index (χ1) is 5.49. The first-order valence-electron chi connectivity index (χ1n) is 4.38. The summed E-state index contributed by atoms with van der Waals surface area (Å²) in [5.41, 5.74) is 0. The van der Waals surface area contributed by atoms with Crippen molar-refractivity contribution in [2.24, 2.45) is 5.92 Å². The molecule has 0 saturated carbocycles. The van der Waals surface area contributed by atoms with Gasteiger partial charge in [0.25, 0.3) is 0 Å². The monoisotopic (exact) mass is 187 g/mol. The summed E-state index contributed by atoms with van der Waals surface area (Å²) in [7, 11) is -0.795. The fourth-order valence-electron chi connectivity index (χ4n) is 1.56. The van der Waals surface area contributed by atoms with Crippen LogP contribution in [0.25, 0.3) is 0 Å². The zero-order valence-electron chi connectivity index (χ0n) is 7.99. The van der Waals surface area contributed by atoms with Gasteiger partial charge in [-0.1, -0.05) is 12.2 Å². The molecule has 0 spiro atoms. The molecule has 0 aromatic rings. The van der Waals surface area contributed by atoms with Crippen LogP contribution in [0.2, 0.25) is 0 Å². The third kappa shape index (κ3) is 3.11. The number of hydrogen-bond donors (Lipinski definition) is 1. The standard InChI is InChI=1S/C10H19OS/c1-12(2,3)8-10(11)9-6-4-5-7-9/h4,6,9-11H,1,5,7-8H2,2-3H3/q+1. The molecule has 1 nitrogen and oxygen atoms in total. The quantitative estimate of drug-likeness (QED) is 0.530. The van der Waals surface area contributed by atoms with Crippen molar-refractivity contribution in [3.63, 3.8) is 0 Å². The van der Waals surface area contributed by atoms with Gasteiger partial charge in [0.15, 0.2) is 0 Å². The Morgan fingerprint density at radius 1 is 1.67 bits per heavy atom. The number of aliphatic hydroxyl groups excluding tert-OH is 1. The maximum absolute atomic E-state index is 9.81. The summed E-state index contributed by atoms with van der Waals surface area (Å²) in [5, 5.41) is 9.81. The molecule has 70 valence electrons. The zero-order valence-corrected chi connectivity index (χ0v) is 8.81. The van der Waals surface area contributed by atoms with Crippen LogP contribution in [0, 0.1) is 12.2 Å². The van der Waals surface area contributed by atoms with Crippen LogP contribution in [-0.4, -0.2) is 29.5 Å². The average molecular weight is 187 g/mol. The Labute approximate surface area is 77.2 Å². The van der Waals surface area contributed by atoms with Crippen LogP contribution in [0.4, 0.5) is 0 Å². The van der Waals surface area contributed by atoms with E-state index in [1.807, 2.05) is 0 Å². The fourth-order valence-corrected chi connectivity index (χ4v) is 2.73. The number of hydrogen-bond acceptors (Lipinski definition) is 1. The summed E-state index contributed by atoms with van der Waals surface area (Å²) >= 11 is 0. The molecule has 1 rings (SSSR count). The van der Waals surface area contributed by atoms with Gasteiger partial charge in [0.2, 0.25) is 0 Å². The first kappa shape index (κ1) is 10.0. The lowest BCUT2D eigenvalue weighted by atomic mass is 10.0. The third-order valence-electron chi connectivity index (χ3n) is 2.17. The average Bonchev–Trinajstić information content (AvgIpc) is 2.32. The maximum Gasteiger partial charge on any atom is 0.102 e. The number of rotatable bonds is 3. The van der Waals surface area contributed by atoms with E-state index >= 15 is 0 Å². The second-order valence-corrected chi connectivity index (χ2v) is 8.04. The highest BCUT2D eigenvalue weighted by atomic mass is 32.3. The van der Waals surface area contributed by atoms with E-state index in [-0.39, 0.29) is 6.10 Å². The van der Waals surface area contributed by atoms with Crippen molar-refractivity contribution in [2.45, 2.75) is 18.9 Å². The van der Waals surface area contributed by atoms with Crippen LogP contribution in [0.3, 0.4) is 0 Å². The SMILES string of the molecule is [CH2+]S(C)(C)CC(O)C1C=CCC1. The Morgan fingerprint density at radius 2 is 2.33 bits per heavy atom. The van der Waals surface area contributed by atoms with Crippen LogP contribution in [0.1, 0.15) is 12.8 Å². The van der Waals surface area contributed by atoms with Crippen molar-refractivity contribution in [3.8, 4) is 0 Å². The van der Waals surface area contributed by atoms with Crippen molar-refractivity contribution in [1.82, 2.24) is 0 Å². The summed E-state index contributed by atoms with van der Waals surface area (Å²) < 4.78 is 0. The highest BCUT2D eigenvalue weighted by Gasteiger charge is 2.24. The van der Waals surface area contributed by atoms with Gasteiger partial charge in [0.1, 0.15) is 6.26 Å². The van der Waals surface area contributed by atoms with Crippen molar-refractivity contribution in [3.05, 3.63) is 18.4 Å². The van der Waals surface area contributed by atoms with Gasteiger partial charge in [0.05, 0.1) is 6.10 Å². The lowest BCUT2D eigenvalue weighted by Gasteiger charge is -2.24. The Kier molecular flexibility index (Phi) is 3.13. The van der Waals surface area contributed by atoms with E-state index in [1.165, 1.54) is 0 Å². The molecule has 0 aromatic carbocycles. The number of allylic oxidation sites excluding steroid dienone is 1. The van der Waals surface area contributed by atoms with E-state index in [9.17, 15) is 5.11 Å². The van der Waals surface area contributed by atoms with Gasteiger partial charge in [-0.25, -0.2) is 0 Å². The molecule has 1 N–H and O–H groups in total. The van der Waals surface area contributed by atoms with E-state index in [0.717, 1.165) is 18.6 Å². The maximum atomic E-state index is 9.81. The van der Waals surface area contributed by atoms with E-state index < -0.39 is 10.0 Å². The van der Waals surface area contributed by atoms with Crippen molar-refractivity contribution in [1.29, 1.82) is 0 Å². The van der Waals surface area contributed by atoms with Gasteiger partial charge in [-0.05, 0) is 12.8 Å². The fraction of sp³-hybridized carbons (Fsp3) is 0.700. The molecule has 12 heavy (non-hydrogen) atoms. The van der Waals surface area contributed by atoms with Crippen LogP contribution in [0.15, 0.2) is 12.2 Å². The molecule has 0 fully saturated rings. The van der Waals surface area contributed by atoms with E-state index in [2.05, 4.69) is 30.9 Å². The Balaban J connectivity index is 2.37. The molecule has 1 aliphatic carbocycles. The molecule has 0 saturated heterocycles. The summed E-state index contributed by atoms with van der Waals surface area (Å²) in [6, 6.07) is 0. The Morgan fingerprint density at radius 3 is 2.75 bits per heavy atom. The molecule has 0 aliphatic heterocycles. The predicted molar refractivity (Wildman–Crippen MR) is 57.5 cm³/mol. The summed E-state index contributed by atoms with van der Waals surface area (Å²) in [5.74, 6) is 1.28. The number of aliphatic hydroxyl groups is 1. The third-order valence-corrected chi connectivity index (χ3v) is 3.41. The summed E-state index contributed by atoms with van der Waals surface area (Å²) in [6.45, 7) is 0. The molecule has 0 amide bonds. The normalized spacial score (nSPS) is 27.4. The van der Waals surface area contributed by atoms with Crippen molar-refractivity contribution < 1.29 is 5.11 Å². The van der Waals surface area contributed by atoms with Gasteiger partial charge < -0.3 is 5.11 Å². The van der Waals surface area contributed by atoms with Crippen LogP contribution < -0.4 is 0 Å². The van der Waals surface area contributed by atoms with Crippen molar-refractivity contribution >= 4 is 10.0 Å². The Bertz CT molecular complexity index is 169. The van der Waals surface area contributed by atoms with Crippen LogP contribution in [0.5, 0.6) is 0 Å². The second kappa shape index (κ2) is 3.75. The lowest BCUT2D eigenvalue weighted by Crippen LogP contribution is -2.23. The smallest absolute Gasteiger partial charge is 0.102 e. The van der Waals surface area contributed by atoms with Crippen molar-refractivity contribution in [2.75, 3.05) is 18.3 Å².